The highest BCUT2D eigenvalue weighted by atomic mass is 16.5. The Balaban J connectivity index is 1.45. The normalized spacial score (nSPS) is 10.8. The van der Waals surface area contributed by atoms with E-state index in [9.17, 15) is 14.4 Å². The van der Waals surface area contributed by atoms with Crippen LogP contribution in [0.15, 0.2) is 57.7 Å². The first-order valence-corrected chi connectivity index (χ1v) is 10.5. The zero-order valence-electron chi connectivity index (χ0n) is 19.2. The molecule has 0 saturated heterocycles. The lowest BCUT2D eigenvalue weighted by Crippen LogP contribution is -2.16. The van der Waals surface area contributed by atoms with Crippen molar-refractivity contribution in [2.45, 2.75) is 27.7 Å². The minimum atomic E-state index is -0.678. The van der Waals surface area contributed by atoms with Gasteiger partial charge in [-0.15, -0.1) is 0 Å². The molecule has 0 unspecified atom stereocenters. The van der Waals surface area contributed by atoms with Crippen molar-refractivity contribution >= 4 is 23.3 Å². The lowest BCUT2D eigenvalue weighted by molar-refractivity contribution is 0.0474. The maximum absolute atomic E-state index is 12.8. The van der Waals surface area contributed by atoms with Gasteiger partial charge in [0.15, 0.2) is 18.2 Å². The van der Waals surface area contributed by atoms with Crippen LogP contribution < -0.4 is 5.32 Å². The number of carbonyl (C=O) groups excluding carboxylic acids is 3. The Morgan fingerprint density at radius 1 is 1.06 bits per heavy atom. The Bertz CT molecular complexity index is 1380. The average molecular weight is 461 g/mol. The van der Waals surface area contributed by atoms with Gasteiger partial charge in [0.2, 0.25) is 5.78 Å². The largest absolute Gasteiger partial charge is 0.459 e. The van der Waals surface area contributed by atoms with E-state index in [4.69, 9.17) is 13.7 Å². The molecule has 0 aliphatic heterocycles. The van der Waals surface area contributed by atoms with E-state index in [1.54, 1.807) is 55.7 Å². The van der Waals surface area contributed by atoms with Gasteiger partial charge in [-0.25, -0.2) is 4.79 Å². The first kappa shape index (κ1) is 22.8. The molecule has 3 aromatic heterocycles. The van der Waals surface area contributed by atoms with Crippen molar-refractivity contribution in [2.75, 3.05) is 11.9 Å². The molecule has 0 fully saturated rings. The Kier molecular flexibility index (Phi) is 6.18. The second-order valence-corrected chi connectivity index (χ2v) is 7.88. The van der Waals surface area contributed by atoms with Gasteiger partial charge in [-0.1, -0.05) is 11.2 Å². The number of esters is 1. The number of hydrogen-bond acceptors (Lipinski definition) is 7. The predicted octanol–water partition coefficient (Wildman–Crippen LogP) is 4.58. The highest BCUT2D eigenvalue weighted by Gasteiger charge is 2.20. The molecule has 9 nitrogen and oxygen atoms in total. The zero-order chi connectivity index (χ0) is 24.4. The lowest BCUT2D eigenvalue weighted by atomic mass is 10.1. The molecule has 0 spiro atoms. The SMILES string of the molecule is Cc1cc(-n2c(C)cc(C(=O)COC(=O)c3ccc(C)c(NC(=O)c4ccco4)c3)c2C)no1. The van der Waals surface area contributed by atoms with Crippen LogP contribution in [0.5, 0.6) is 0 Å². The lowest BCUT2D eigenvalue weighted by Gasteiger charge is -2.10. The molecule has 3 heterocycles. The second kappa shape index (κ2) is 9.22. The summed E-state index contributed by atoms with van der Waals surface area (Å²) in [6.07, 6.45) is 1.40. The van der Waals surface area contributed by atoms with Gasteiger partial charge < -0.3 is 19.0 Å². The van der Waals surface area contributed by atoms with Gasteiger partial charge in [0.1, 0.15) is 5.76 Å². The monoisotopic (exact) mass is 461 g/mol. The number of benzene rings is 1. The van der Waals surface area contributed by atoms with Crippen LogP contribution in [0.25, 0.3) is 5.82 Å². The van der Waals surface area contributed by atoms with Crippen molar-refractivity contribution in [3.8, 4) is 5.82 Å². The Morgan fingerprint density at radius 2 is 1.85 bits per heavy atom. The molecule has 0 radical (unpaired) electrons. The van der Waals surface area contributed by atoms with Crippen molar-refractivity contribution in [1.29, 1.82) is 0 Å². The fourth-order valence-electron chi connectivity index (χ4n) is 3.62. The summed E-state index contributed by atoms with van der Waals surface area (Å²) in [4.78, 5) is 37.7. The van der Waals surface area contributed by atoms with E-state index in [1.807, 2.05) is 6.92 Å². The van der Waals surface area contributed by atoms with Gasteiger partial charge >= 0.3 is 5.97 Å². The number of ether oxygens (including phenoxy) is 1. The Morgan fingerprint density at radius 3 is 2.53 bits per heavy atom. The number of rotatable bonds is 7. The Hall–Kier alpha value is -4.40. The highest BCUT2D eigenvalue weighted by molar-refractivity contribution is 6.04. The second-order valence-electron chi connectivity index (χ2n) is 7.88. The van der Waals surface area contributed by atoms with Crippen LogP contribution in [-0.2, 0) is 4.74 Å². The number of aromatic nitrogens is 2. The van der Waals surface area contributed by atoms with Crippen LogP contribution >= 0.6 is 0 Å². The van der Waals surface area contributed by atoms with Crippen molar-refractivity contribution in [1.82, 2.24) is 9.72 Å². The van der Waals surface area contributed by atoms with Crippen molar-refractivity contribution in [3.63, 3.8) is 0 Å². The van der Waals surface area contributed by atoms with Crippen LogP contribution in [0.2, 0.25) is 0 Å². The molecule has 1 aromatic carbocycles. The average Bonchev–Trinajstić information content (AvgIpc) is 3.54. The topological polar surface area (TPSA) is 117 Å². The number of nitrogens with one attached hydrogen (secondary N) is 1. The fraction of sp³-hybridized carbons (Fsp3) is 0.200. The number of ketones is 1. The number of nitrogens with zero attached hydrogens (tertiary/aromatic N) is 2. The van der Waals surface area contributed by atoms with E-state index in [-0.39, 0.29) is 17.1 Å². The number of aryl methyl sites for hydroxylation is 3. The van der Waals surface area contributed by atoms with Crippen LogP contribution in [0, 0.1) is 27.7 Å². The summed E-state index contributed by atoms with van der Waals surface area (Å²) in [7, 11) is 0. The van der Waals surface area contributed by atoms with Crippen molar-refractivity contribution in [2.24, 2.45) is 0 Å². The van der Waals surface area contributed by atoms with E-state index in [1.165, 1.54) is 18.4 Å². The van der Waals surface area contributed by atoms with Gasteiger partial charge in [0, 0.05) is 28.7 Å². The summed E-state index contributed by atoms with van der Waals surface area (Å²) in [5, 5.41) is 6.71. The summed E-state index contributed by atoms with van der Waals surface area (Å²) < 4.78 is 17.3. The van der Waals surface area contributed by atoms with Gasteiger partial charge in [-0.2, -0.15) is 0 Å². The number of amides is 1. The predicted molar refractivity (Wildman–Crippen MR) is 122 cm³/mol. The van der Waals surface area contributed by atoms with Gasteiger partial charge in [-0.05, 0) is 63.6 Å². The van der Waals surface area contributed by atoms with Crippen molar-refractivity contribution in [3.05, 3.63) is 88.3 Å². The molecule has 1 amide bonds. The van der Waals surface area contributed by atoms with Crippen LogP contribution in [0.3, 0.4) is 0 Å². The summed E-state index contributed by atoms with van der Waals surface area (Å²) >= 11 is 0. The molecule has 0 aliphatic rings. The zero-order valence-corrected chi connectivity index (χ0v) is 19.2. The van der Waals surface area contributed by atoms with Crippen LogP contribution in [0.1, 0.15) is 54.0 Å². The summed E-state index contributed by atoms with van der Waals surface area (Å²) in [6, 6.07) is 11.4. The van der Waals surface area contributed by atoms with Gasteiger partial charge in [0.05, 0.1) is 11.8 Å². The number of hydrogen-bond donors (Lipinski definition) is 1. The van der Waals surface area contributed by atoms with E-state index in [2.05, 4.69) is 10.5 Å². The maximum Gasteiger partial charge on any atom is 0.338 e. The van der Waals surface area contributed by atoms with E-state index in [0.29, 0.717) is 28.5 Å². The molecular weight excluding hydrogens is 438 g/mol. The summed E-state index contributed by atoms with van der Waals surface area (Å²) in [5.74, 6) is -0.0774. The third-order valence-corrected chi connectivity index (χ3v) is 5.38. The molecule has 0 aliphatic carbocycles. The molecule has 1 N–H and O–H groups in total. The molecular formula is C25H23N3O6. The fourth-order valence-corrected chi connectivity index (χ4v) is 3.62. The summed E-state index contributed by atoms with van der Waals surface area (Å²) in [6.45, 7) is 6.80. The standard InChI is InChI=1S/C25H23N3O6/c1-14-7-8-18(12-20(14)26-24(30)22-6-5-9-32-22)25(31)33-13-21(29)19-10-15(2)28(17(19)4)23-11-16(3)34-27-23/h5-12H,13H2,1-4H3,(H,26,30). The van der Waals surface area contributed by atoms with Crippen molar-refractivity contribution < 1.29 is 28.1 Å². The first-order valence-electron chi connectivity index (χ1n) is 10.5. The van der Waals surface area contributed by atoms with Gasteiger partial charge in [-0.3, -0.25) is 14.2 Å². The number of Topliss-reactive ketones (excluding diaryl/α,β-unsaturated/α-hetero) is 1. The van der Waals surface area contributed by atoms with E-state index < -0.39 is 18.5 Å². The summed E-state index contributed by atoms with van der Waals surface area (Å²) in [5.41, 5.74) is 3.30. The molecule has 4 aromatic rings. The van der Waals surface area contributed by atoms with E-state index in [0.717, 1.165) is 11.3 Å². The quantitative estimate of drug-likeness (QED) is 0.316. The number of furan rings is 1. The molecule has 34 heavy (non-hydrogen) atoms. The minimum absolute atomic E-state index is 0.149. The highest BCUT2D eigenvalue weighted by Crippen LogP contribution is 2.22. The number of anilines is 1. The third kappa shape index (κ3) is 4.54. The van der Waals surface area contributed by atoms with Crippen LogP contribution in [0.4, 0.5) is 5.69 Å². The number of carbonyl (C=O) groups is 3. The Labute approximate surface area is 195 Å². The molecule has 9 heteroatoms. The molecule has 0 saturated carbocycles. The smallest absolute Gasteiger partial charge is 0.338 e. The molecule has 0 atom stereocenters. The van der Waals surface area contributed by atoms with E-state index >= 15 is 0 Å². The van der Waals surface area contributed by atoms with Gasteiger partial charge in [0.25, 0.3) is 5.91 Å². The third-order valence-electron chi connectivity index (χ3n) is 5.38. The maximum atomic E-state index is 12.8. The first-order chi connectivity index (χ1) is 16.2. The molecule has 174 valence electrons. The molecule has 0 bridgehead atoms. The molecule has 4 rings (SSSR count). The van der Waals surface area contributed by atoms with Crippen LogP contribution in [-0.4, -0.2) is 34.0 Å². The minimum Gasteiger partial charge on any atom is -0.459 e.